The molecule has 3 rings (SSSR count). The van der Waals surface area contributed by atoms with E-state index in [1.807, 2.05) is 23.1 Å². The predicted molar refractivity (Wildman–Crippen MR) is 123 cm³/mol. The van der Waals surface area contributed by atoms with Crippen LogP contribution in [-0.4, -0.2) is 43.4 Å². The Morgan fingerprint density at radius 3 is 2.20 bits per heavy atom. The van der Waals surface area contributed by atoms with Crippen LogP contribution in [0, 0.1) is 6.92 Å². The van der Waals surface area contributed by atoms with Crippen molar-refractivity contribution in [3.05, 3.63) is 71.5 Å². The number of aromatic nitrogens is 3. The van der Waals surface area contributed by atoms with Crippen LogP contribution in [0.1, 0.15) is 44.6 Å². The van der Waals surface area contributed by atoms with E-state index in [1.165, 1.54) is 22.9 Å². The second kappa shape index (κ2) is 9.94. The molecule has 0 saturated heterocycles. The number of hydrogen-bond donors (Lipinski definition) is 0. The summed E-state index contributed by atoms with van der Waals surface area (Å²) in [5.74, 6) is 1.32. The number of benzene rings is 2. The SMILES string of the molecule is Cc1ccc(-n2c(Cc3ccccc3)nnc2SCC(=O)N(C(C)C)C(C)C)cc1. The maximum Gasteiger partial charge on any atom is 0.233 e. The zero-order chi connectivity index (χ0) is 21.7. The molecule has 6 heteroatoms. The number of rotatable bonds is 8. The van der Waals surface area contributed by atoms with Gasteiger partial charge in [0.2, 0.25) is 5.91 Å². The van der Waals surface area contributed by atoms with Crippen LogP contribution < -0.4 is 0 Å². The van der Waals surface area contributed by atoms with E-state index in [0.717, 1.165) is 16.7 Å². The largest absolute Gasteiger partial charge is 0.337 e. The van der Waals surface area contributed by atoms with Crippen LogP contribution in [0.25, 0.3) is 5.69 Å². The molecule has 0 saturated carbocycles. The molecule has 1 amide bonds. The zero-order valence-electron chi connectivity index (χ0n) is 18.4. The molecule has 3 aromatic rings. The minimum Gasteiger partial charge on any atom is -0.337 e. The zero-order valence-corrected chi connectivity index (χ0v) is 19.2. The predicted octanol–water partition coefficient (Wildman–Crippen LogP) is 4.90. The number of amides is 1. The summed E-state index contributed by atoms with van der Waals surface area (Å²) in [5, 5.41) is 9.65. The molecular formula is C24H30N4OS. The van der Waals surface area contributed by atoms with Crippen LogP contribution in [0.4, 0.5) is 0 Å². The molecule has 1 aromatic heterocycles. The van der Waals surface area contributed by atoms with Gasteiger partial charge in [0.25, 0.3) is 0 Å². The van der Waals surface area contributed by atoms with Crippen LogP contribution in [-0.2, 0) is 11.2 Å². The van der Waals surface area contributed by atoms with E-state index >= 15 is 0 Å². The normalized spacial score (nSPS) is 11.3. The summed E-state index contributed by atoms with van der Waals surface area (Å²) in [6.45, 7) is 10.3. The van der Waals surface area contributed by atoms with Crippen molar-refractivity contribution in [3.8, 4) is 5.69 Å². The fraction of sp³-hybridized carbons (Fsp3) is 0.375. The lowest BCUT2D eigenvalue weighted by molar-refractivity contribution is -0.131. The molecule has 0 unspecified atom stereocenters. The molecule has 30 heavy (non-hydrogen) atoms. The van der Waals surface area contributed by atoms with Crippen molar-refractivity contribution >= 4 is 17.7 Å². The quantitative estimate of drug-likeness (QED) is 0.484. The van der Waals surface area contributed by atoms with Crippen molar-refractivity contribution < 1.29 is 4.79 Å². The summed E-state index contributed by atoms with van der Waals surface area (Å²) in [7, 11) is 0. The Balaban J connectivity index is 1.88. The fourth-order valence-corrected chi connectivity index (χ4v) is 4.45. The van der Waals surface area contributed by atoms with Gasteiger partial charge in [-0.15, -0.1) is 10.2 Å². The highest BCUT2D eigenvalue weighted by Crippen LogP contribution is 2.24. The van der Waals surface area contributed by atoms with Crippen molar-refractivity contribution in [2.24, 2.45) is 0 Å². The first kappa shape index (κ1) is 22.1. The van der Waals surface area contributed by atoms with Crippen molar-refractivity contribution in [1.29, 1.82) is 0 Å². The van der Waals surface area contributed by atoms with Gasteiger partial charge in [0.1, 0.15) is 5.82 Å². The Hall–Kier alpha value is -2.60. The highest BCUT2D eigenvalue weighted by atomic mass is 32.2. The molecule has 0 spiro atoms. The van der Waals surface area contributed by atoms with Gasteiger partial charge < -0.3 is 4.90 Å². The van der Waals surface area contributed by atoms with Crippen LogP contribution in [0.2, 0.25) is 0 Å². The summed E-state index contributed by atoms with van der Waals surface area (Å²) in [6.07, 6.45) is 0.681. The van der Waals surface area contributed by atoms with Crippen LogP contribution in [0.5, 0.6) is 0 Å². The summed E-state index contributed by atoms with van der Waals surface area (Å²) < 4.78 is 2.07. The van der Waals surface area contributed by atoms with Crippen molar-refractivity contribution in [1.82, 2.24) is 19.7 Å². The van der Waals surface area contributed by atoms with Crippen molar-refractivity contribution in [2.75, 3.05) is 5.75 Å². The molecule has 0 radical (unpaired) electrons. The maximum absolute atomic E-state index is 12.8. The first-order valence-corrected chi connectivity index (χ1v) is 11.3. The summed E-state index contributed by atoms with van der Waals surface area (Å²) in [6, 6.07) is 18.9. The number of hydrogen-bond acceptors (Lipinski definition) is 4. The number of thioether (sulfide) groups is 1. The molecule has 1 heterocycles. The lowest BCUT2D eigenvalue weighted by Gasteiger charge is -2.30. The van der Waals surface area contributed by atoms with Gasteiger partial charge in [-0.1, -0.05) is 59.8 Å². The molecule has 0 aliphatic carbocycles. The summed E-state index contributed by atoms with van der Waals surface area (Å²) >= 11 is 1.45. The molecular weight excluding hydrogens is 392 g/mol. The molecule has 0 aliphatic heterocycles. The van der Waals surface area contributed by atoms with Gasteiger partial charge in [-0.25, -0.2) is 0 Å². The third-order valence-electron chi connectivity index (χ3n) is 4.92. The Morgan fingerprint density at radius 1 is 0.967 bits per heavy atom. The molecule has 0 fully saturated rings. The van der Waals surface area contributed by atoms with Gasteiger partial charge in [0, 0.05) is 24.2 Å². The first-order valence-electron chi connectivity index (χ1n) is 10.4. The Labute approximate surface area is 183 Å². The molecule has 0 N–H and O–H groups in total. The van der Waals surface area contributed by atoms with E-state index < -0.39 is 0 Å². The van der Waals surface area contributed by atoms with E-state index in [4.69, 9.17) is 0 Å². The van der Waals surface area contributed by atoms with Crippen molar-refractivity contribution in [2.45, 2.75) is 58.3 Å². The lowest BCUT2D eigenvalue weighted by Crippen LogP contribution is -2.43. The third kappa shape index (κ3) is 5.30. The van der Waals surface area contributed by atoms with E-state index in [9.17, 15) is 4.79 Å². The highest BCUT2D eigenvalue weighted by Gasteiger charge is 2.22. The Bertz CT molecular complexity index is 957. The number of aryl methyl sites for hydroxylation is 1. The fourth-order valence-electron chi connectivity index (χ4n) is 3.61. The topological polar surface area (TPSA) is 51.0 Å². The molecule has 0 bridgehead atoms. The molecule has 2 aromatic carbocycles. The van der Waals surface area contributed by atoms with E-state index in [-0.39, 0.29) is 18.0 Å². The average molecular weight is 423 g/mol. The monoisotopic (exact) mass is 422 g/mol. The van der Waals surface area contributed by atoms with E-state index in [2.05, 4.69) is 85.8 Å². The van der Waals surface area contributed by atoms with Gasteiger partial charge >= 0.3 is 0 Å². The van der Waals surface area contributed by atoms with Gasteiger partial charge in [0.15, 0.2) is 5.16 Å². The van der Waals surface area contributed by atoms with Gasteiger partial charge in [0.05, 0.1) is 5.75 Å². The van der Waals surface area contributed by atoms with Gasteiger partial charge in [-0.05, 0) is 52.3 Å². The smallest absolute Gasteiger partial charge is 0.233 e. The average Bonchev–Trinajstić information content (AvgIpc) is 3.09. The molecule has 0 atom stereocenters. The number of carbonyl (C=O) groups excluding carboxylic acids is 1. The lowest BCUT2D eigenvalue weighted by atomic mass is 10.1. The third-order valence-corrected chi connectivity index (χ3v) is 5.84. The Kier molecular flexibility index (Phi) is 7.32. The minimum absolute atomic E-state index is 0.119. The Morgan fingerprint density at radius 2 is 1.60 bits per heavy atom. The molecule has 5 nitrogen and oxygen atoms in total. The maximum atomic E-state index is 12.8. The minimum atomic E-state index is 0.119. The second-order valence-electron chi connectivity index (χ2n) is 8.01. The van der Waals surface area contributed by atoms with E-state index in [0.29, 0.717) is 12.2 Å². The van der Waals surface area contributed by atoms with E-state index in [1.54, 1.807) is 0 Å². The molecule has 0 aliphatic rings. The van der Waals surface area contributed by atoms with Gasteiger partial charge in [-0.2, -0.15) is 0 Å². The summed E-state index contributed by atoms with van der Waals surface area (Å²) in [5.41, 5.74) is 3.39. The number of carbonyl (C=O) groups is 1. The molecule has 158 valence electrons. The first-order chi connectivity index (χ1) is 14.4. The summed E-state index contributed by atoms with van der Waals surface area (Å²) in [4.78, 5) is 14.8. The van der Waals surface area contributed by atoms with Crippen LogP contribution in [0.3, 0.4) is 0 Å². The van der Waals surface area contributed by atoms with Crippen LogP contribution >= 0.6 is 11.8 Å². The highest BCUT2D eigenvalue weighted by molar-refractivity contribution is 7.99. The van der Waals surface area contributed by atoms with Gasteiger partial charge in [-0.3, -0.25) is 9.36 Å². The van der Waals surface area contributed by atoms with Crippen LogP contribution in [0.15, 0.2) is 59.8 Å². The standard InChI is InChI=1S/C24H30N4OS/c1-17(2)27(18(3)4)23(29)16-30-24-26-25-22(15-20-9-7-6-8-10-20)28(24)21-13-11-19(5)12-14-21/h6-14,17-18H,15-16H2,1-5H3. The number of nitrogens with zero attached hydrogens (tertiary/aromatic N) is 4. The second-order valence-corrected chi connectivity index (χ2v) is 8.95. The van der Waals surface area contributed by atoms with Crippen molar-refractivity contribution in [3.63, 3.8) is 0 Å².